The van der Waals surface area contributed by atoms with E-state index in [2.05, 4.69) is 4.98 Å². The molecule has 0 spiro atoms. The minimum Gasteiger partial charge on any atom is -0.382 e. The maximum atomic E-state index is 14.4. The summed E-state index contributed by atoms with van der Waals surface area (Å²) >= 11 is 12.1. The number of hydrogen-bond acceptors (Lipinski definition) is 2. The number of aliphatic hydroxyl groups is 1. The molecule has 1 aromatic heterocycles. The van der Waals surface area contributed by atoms with Crippen LogP contribution in [0.2, 0.25) is 10.3 Å². The van der Waals surface area contributed by atoms with Crippen LogP contribution in [0, 0.1) is 31.3 Å². The van der Waals surface area contributed by atoms with Crippen LogP contribution in [0.15, 0.2) is 30.3 Å². The highest BCUT2D eigenvalue weighted by Gasteiger charge is 2.27. The Morgan fingerprint density at radius 3 is 2.35 bits per heavy atom. The molecule has 2 aromatic carbocycles. The second-order valence-corrected chi connectivity index (χ2v) is 6.55. The van der Waals surface area contributed by atoms with Gasteiger partial charge in [-0.3, -0.25) is 4.57 Å². The molecule has 0 fully saturated rings. The summed E-state index contributed by atoms with van der Waals surface area (Å²) in [7, 11) is 0. The van der Waals surface area contributed by atoms with Crippen molar-refractivity contribution >= 4 is 23.2 Å². The second kappa shape index (κ2) is 6.95. The largest absolute Gasteiger partial charge is 0.382 e. The smallest absolute Gasteiger partial charge is 0.208 e. The average Bonchev–Trinajstić information content (AvgIpc) is 2.80. The fraction of sp³-hybridized carbons (Fsp3) is 0.167. The van der Waals surface area contributed by atoms with E-state index in [4.69, 9.17) is 23.2 Å². The Hall–Kier alpha value is -2.02. The highest BCUT2D eigenvalue weighted by atomic mass is 35.5. The van der Waals surface area contributed by atoms with Crippen molar-refractivity contribution in [2.75, 3.05) is 0 Å². The molecule has 0 aliphatic carbocycles. The molecule has 1 unspecified atom stereocenters. The lowest BCUT2D eigenvalue weighted by Gasteiger charge is -2.19. The first-order valence-corrected chi connectivity index (χ1v) is 8.30. The van der Waals surface area contributed by atoms with Crippen LogP contribution in [0.25, 0.3) is 5.69 Å². The van der Waals surface area contributed by atoms with Crippen LogP contribution in [0.3, 0.4) is 0 Å². The molecular weight excluding hydrogens is 388 g/mol. The Kier molecular flexibility index (Phi) is 5.01. The number of aliphatic hydroxyl groups excluding tert-OH is 1. The SMILES string of the molecule is Cc1cc(F)ccc1C(O)c1c(C)nc(Cl)n1-c1c(F)cc(F)cc1Cl. The number of rotatable bonds is 3. The van der Waals surface area contributed by atoms with Crippen molar-refractivity contribution in [3.63, 3.8) is 0 Å². The van der Waals surface area contributed by atoms with Crippen molar-refractivity contribution in [2.24, 2.45) is 0 Å². The maximum Gasteiger partial charge on any atom is 0.208 e. The topological polar surface area (TPSA) is 38.1 Å². The second-order valence-electron chi connectivity index (χ2n) is 5.81. The molecule has 3 aromatic rings. The van der Waals surface area contributed by atoms with Gasteiger partial charge in [0.25, 0.3) is 0 Å². The lowest BCUT2D eigenvalue weighted by molar-refractivity contribution is 0.211. The van der Waals surface area contributed by atoms with Gasteiger partial charge in [0.15, 0.2) is 5.82 Å². The summed E-state index contributed by atoms with van der Waals surface area (Å²) in [4.78, 5) is 4.06. The molecule has 3 nitrogen and oxygen atoms in total. The average molecular weight is 401 g/mol. The van der Waals surface area contributed by atoms with Crippen LogP contribution >= 0.6 is 23.2 Å². The van der Waals surface area contributed by atoms with Gasteiger partial charge < -0.3 is 5.11 Å². The summed E-state index contributed by atoms with van der Waals surface area (Å²) in [6.45, 7) is 3.21. The minimum atomic E-state index is -1.28. The maximum absolute atomic E-state index is 14.4. The van der Waals surface area contributed by atoms with Crippen molar-refractivity contribution in [1.82, 2.24) is 9.55 Å². The zero-order chi connectivity index (χ0) is 19.2. The lowest BCUT2D eigenvalue weighted by Crippen LogP contribution is -2.12. The summed E-state index contributed by atoms with van der Waals surface area (Å²) in [6.07, 6.45) is -1.28. The van der Waals surface area contributed by atoms with Crippen molar-refractivity contribution < 1.29 is 18.3 Å². The quantitative estimate of drug-likeness (QED) is 0.647. The van der Waals surface area contributed by atoms with E-state index in [-0.39, 0.29) is 21.7 Å². The van der Waals surface area contributed by atoms with E-state index in [1.807, 2.05) is 0 Å². The van der Waals surface area contributed by atoms with Crippen LogP contribution in [0.1, 0.15) is 28.6 Å². The highest BCUT2D eigenvalue weighted by molar-refractivity contribution is 6.33. The molecule has 1 atom stereocenters. The molecule has 0 amide bonds. The predicted molar refractivity (Wildman–Crippen MR) is 93.4 cm³/mol. The molecule has 1 heterocycles. The molecule has 0 aliphatic rings. The number of aryl methyl sites for hydroxylation is 2. The molecule has 0 bridgehead atoms. The normalized spacial score (nSPS) is 12.5. The summed E-state index contributed by atoms with van der Waals surface area (Å²) in [5.41, 5.74) is 1.13. The summed E-state index contributed by atoms with van der Waals surface area (Å²) in [5, 5.41) is 10.5. The van der Waals surface area contributed by atoms with Gasteiger partial charge in [-0.2, -0.15) is 0 Å². The number of imidazole rings is 1. The number of benzene rings is 2. The summed E-state index contributed by atoms with van der Waals surface area (Å²) in [5.74, 6) is -2.26. The van der Waals surface area contributed by atoms with Gasteiger partial charge in [-0.25, -0.2) is 18.2 Å². The van der Waals surface area contributed by atoms with E-state index in [1.165, 1.54) is 18.2 Å². The molecule has 1 N–H and O–H groups in total. The highest BCUT2D eigenvalue weighted by Crippen LogP contribution is 2.35. The standard InChI is InChI=1S/C18H13Cl2F3N2O/c1-8-5-10(21)3-4-12(8)17(26)15-9(2)24-18(20)25(15)16-13(19)6-11(22)7-14(16)23/h3-7,17,26H,1-2H3. The Balaban J connectivity index is 2.25. The van der Waals surface area contributed by atoms with E-state index in [1.54, 1.807) is 13.8 Å². The number of nitrogens with zero attached hydrogens (tertiary/aromatic N) is 2. The lowest BCUT2D eigenvalue weighted by atomic mass is 10.00. The predicted octanol–water partition coefficient (Wildman–Crippen LogP) is 5.29. The van der Waals surface area contributed by atoms with Crippen LogP contribution in [0.5, 0.6) is 0 Å². The van der Waals surface area contributed by atoms with Gasteiger partial charge in [0.1, 0.15) is 23.4 Å². The molecule has 136 valence electrons. The molecule has 8 heteroatoms. The summed E-state index contributed by atoms with van der Waals surface area (Å²) < 4.78 is 42.3. The van der Waals surface area contributed by atoms with Gasteiger partial charge in [-0.1, -0.05) is 17.7 Å². The van der Waals surface area contributed by atoms with E-state index in [0.29, 0.717) is 22.9 Å². The molecule has 0 saturated heterocycles. The minimum absolute atomic E-state index is 0.149. The van der Waals surface area contributed by atoms with Crippen LogP contribution in [0.4, 0.5) is 13.2 Å². The van der Waals surface area contributed by atoms with Gasteiger partial charge in [-0.15, -0.1) is 0 Å². The Morgan fingerprint density at radius 1 is 1.04 bits per heavy atom. The van der Waals surface area contributed by atoms with E-state index in [9.17, 15) is 18.3 Å². The first kappa shape index (κ1) is 18.8. The van der Waals surface area contributed by atoms with Gasteiger partial charge >= 0.3 is 0 Å². The Morgan fingerprint density at radius 2 is 1.73 bits per heavy atom. The zero-order valence-corrected chi connectivity index (χ0v) is 15.2. The third-order valence-electron chi connectivity index (χ3n) is 4.05. The van der Waals surface area contributed by atoms with Gasteiger partial charge in [0.05, 0.1) is 16.4 Å². The molecule has 3 rings (SSSR count). The van der Waals surface area contributed by atoms with Crippen molar-refractivity contribution in [2.45, 2.75) is 20.0 Å². The first-order chi connectivity index (χ1) is 12.2. The monoisotopic (exact) mass is 400 g/mol. The zero-order valence-electron chi connectivity index (χ0n) is 13.7. The number of halogens is 5. The summed E-state index contributed by atoms with van der Waals surface area (Å²) in [6, 6.07) is 5.48. The fourth-order valence-corrected chi connectivity index (χ4v) is 3.46. The van der Waals surface area contributed by atoms with E-state index < -0.39 is 23.6 Å². The molecular formula is C18H13Cl2F3N2O. The van der Waals surface area contributed by atoms with Gasteiger partial charge in [-0.05, 0) is 54.8 Å². The van der Waals surface area contributed by atoms with Gasteiger partial charge in [0.2, 0.25) is 5.28 Å². The first-order valence-electron chi connectivity index (χ1n) is 7.54. The fourth-order valence-electron chi connectivity index (χ4n) is 2.88. The Labute approximate surface area is 157 Å². The van der Waals surface area contributed by atoms with Crippen molar-refractivity contribution in [3.8, 4) is 5.69 Å². The molecule has 26 heavy (non-hydrogen) atoms. The number of hydrogen-bond donors (Lipinski definition) is 1. The van der Waals surface area contributed by atoms with E-state index in [0.717, 1.165) is 10.6 Å². The van der Waals surface area contributed by atoms with Crippen LogP contribution in [-0.4, -0.2) is 14.7 Å². The Bertz CT molecular complexity index is 981. The van der Waals surface area contributed by atoms with Crippen molar-refractivity contribution in [3.05, 3.63) is 80.6 Å². The molecule has 0 radical (unpaired) electrons. The van der Waals surface area contributed by atoms with E-state index >= 15 is 0 Å². The third kappa shape index (κ3) is 3.20. The van der Waals surface area contributed by atoms with Gasteiger partial charge in [0, 0.05) is 6.07 Å². The van der Waals surface area contributed by atoms with Crippen molar-refractivity contribution in [1.29, 1.82) is 0 Å². The number of aromatic nitrogens is 2. The van der Waals surface area contributed by atoms with Crippen LogP contribution < -0.4 is 0 Å². The third-order valence-corrected chi connectivity index (χ3v) is 4.59. The molecule has 0 aliphatic heterocycles. The van der Waals surface area contributed by atoms with Crippen LogP contribution in [-0.2, 0) is 0 Å². The molecule has 0 saturated carbocycles.